The van der Waals surface area contributed by atoms with Gasteiger partial charge in [0.05, 0.1) is 8.07 Å². The summed E-state index contributed by atoms with van der Waals surface area (Å²) >= 11 is 0. The van der Waals surface area contributed by atoms with E-state index in [1.165, 1.54) is 6.17 Å². The highest BCUT2D eigenvalue weighted by atomic mass is 28.3. The zero-order valence-electron chi connectivity index (χ0n) is 6.41. The van der Waals surface area contributed by atoms with Crippen LogP contribution in [0.15, 0.2) is 0 Å². The van der Waals surface area contributed by atoms with Gasteiger partial charge in [0.2, 0.25) is 0 Å². The van der Waals surface area contributed by atoms with E-state index in [1.54, 1.807) is 0 Å². The second-order valence-electron chi connectivity index (χ2n) is 3.34. The average molecular weight is 131 g/mol. The second kappa shape index (κ2) is 3.25. The van der Waals surface area contributed by atoms with Gasteiger partial charge < -0.3 is 5.32 Å². The molecule has 0 aliphatic carbocycles. The van der Waals surface area contributed by atoms with Gasteiger partial charge in [-0.2, -0.15) is 0 Å². The molecule has 0 aromatic rings. The van der Waals surface area contributed by atoms with Crippen LogP contribution in [0.25, 0.3) is 0 Å². The molecular formula is C6H17NSi. The fourth-order valence-electron chi connectivity index (χ4n) is 0.500. The van der Waals surface area contributed by atoms with E-state index >= 15 is 0 Å². The van der Waals surface area contributed by atoms with Crippen molar-refractivity contribution in [2.75, 3.05) is 12.7 Å². The van der Waals surface area contributed by atoms with Crippen molar-refractivity contribution in [2.24, 2.45) is 0 Å². The Bertz CT molecular complexity index is 56.0. The van der Waals surface area contributed by atoms with E-state index in [1.807, 2.05) is 0 Å². The van der Waals surface area contributed by atoms with Gasteiger partial charge in [0.1, 0.15) is 0 Å². The molecule has 2 heteroatoms. The number of rotatable bonds is 3. The lowest BCUT2D eigenvalue weighted by molar-refractivity contribution is 0.818. The minimum absolute atomic E-state index is 0.789. The largest absolute Gasteiger partial charge is 0.320 e. The molecule has 0 unspecified atom stereocenters. The van der Waals surface area contributed by atoms with Crippen LogP contribution in [-0.2, 0) is 0 Å². The Labute approximate surface area is 53.5 Å². The van der Waals surface area contributed by atoms with Gasteiger partial charge in [-0.1, -0.05) is 26.6 Å². The molecule has 1 nitrogen and oxygen atoms in total. The molecule has 0 saturated heterocycles. The van der Waals surface area contributed by atoms with Crippen LogP contribution >= 0.6 is 0 Å². The first-order valence-electron chi connectivity index (χ1n) is 3.27. The van der Waals surface area contributed by atoms with Crippen LogP contribution < -0.4 is 5.32 Å². The fraction of sp³-hybridized carbons (Fsp3) is 1.00. The van der Waals surface area contributed by atoms with Crippen LogP contribution in [0.1, 0.15) is 6.92 Å². The summed E-state index contributed by atoms with van der Waals surface area (Å²) in [7, 11) is -0.789. The van der Waals surface area contributed by atoms with Gasteiger partial charge >= 0.3 is 0 Å². The van der Waals surface area contributed by atoms with E-state index in [4.69, 9.17) is 0 Å². The molecule has 0 aromatic heterocycles. The summed E-state index contributed by atoms with van der Waals surface area (Å²) in [6.07, 6.45) is 1.25. The first-order valence-corrected chi connectivity index (χ1v) is 6.97. The molecule has 0 aromatic carbocycles. The highest BCUT2D eigenvalue weighted by Crippen LogP contribution is 1.95. The lowest BCUT2D eigenvalue weighted by Gasteiger charge is -2.14. The van der Waals surface area contributed by atoms with Crippen LogP contribution in [0.4, 0.5) is 0 Å². The molecule has 1 N–H and O–H groups in total. The van der Waals surface area contributed by atoms with Crippen LogP contribution in [0.5, 0.6) is 0 Å². The standard InChI is InChI=1S/C6H17NSi/c1-5-7-6-8(2,3)4/h7H,5-6H2,1-4H3. The average Bonchev–Trinajstić information content (AvgIpc) is 1.59. The lowest BCUT2D eigenvalue weighted by Crippen LogP contribution is -2.36. The van der Waals surface area contributed by atoms with E-state index in [2.05, 4.69) is 31.9 Å². The van der Waals surface area contributed by atoms with Crippen molar-refractivity contribution in [3.8, 4) is 0 Å². The van der Waals surface area contributed by atoms with Crippen molar-refractivity contribution in [1.82, 2.24) is 5.32 Å². The minimum Gasteiger partial charge on any atom is -0.320 e. The van der Waals surface area contributed by atoms with Gasteiger partial charge in [-0.3, -0.25) is 0 Å². The molecule has 0 aliphatic heterocycles. The van der Waals surface area contributed by atoms with Crippen molar-refractivity contribution in [1.29, 1.82) is 0 Å². The van der Waals surface area contributed by atoms with Crippen LogP contribution in [0.3, 0.4) is 0 Å². The third-order valence-corrected chi connectivity index (χ3v) is 2.22. The third kappa shape index (κ3) is 6.18. The maximum Gasteiger partial charge on any atom is 0.0595 e. The number of hydrogen-bond donors (Lipinski definition) is 1. The molecule has 0 aliphatic rings. The SMILES string of the molecule is CCNC[Si](C)(C)C. The lowest BCUT2D eigenvalue weighted by atomic mass is 10.8. The normalized spacial score (nSPS) is 12.0. The molecule has 8 heavy (non-hydrogen) atoms. The van der Waals surface area contributed by atoms with Crippen LogP contribution in [0.2, 0.25) is 19.6 Å². The summed E-state index contributed by atoms with van der Waals surface area (Å²) in [4.78, 5) is 0. The Balaban J connectivity index is 3.11. The molecule has 0 radical (unpaired) electrons. The second-order valence-corrected chi connectivity index (χ2v) is 8.82. The highest BCUT2D eigenvalue weighted by Gasteiger charge is 2.10. The summed E-state index contributed by atoms with van der Waals surface area (Å²) in [6.45, 7) is 10.4. The first-order chi connectivity index (χ1) is 3.56. The van der Waals surface area contributed by atoms with E-state index in [0.717, 1.165) is 6.54 Å². The molecule has 0 rings (SSSR count). The van der Waals surface area contributed by atoms with Crippen LogP contribution in [0, 0.1) is 0 Å². The van der Waals surface area contributed by atoms with Crippen molar-refractivity contribution in [3.63, 3.8) is 0 Å². The third-order valence-electron chi connectivity index (χ3n) is 0.905. The summed E-state index contributed by atoms with van der Waals surface area (Å²) in [6, 6.07) is 0. The summed E-state index contributed by atoms with van der Waals surface area (Å²) in [5.74, 6) is 0. The quantitative estimate of drug-likeness (QED) is 0.572. The Kier molecular flexibility index (Phi) is 3.32. The van der Waals surface area contributed by atoms with E-state index in [0.29, 0.717) is 0 Å². The van der Waals surface area contributed by atoms with Gasteiger partial charge in [0, 0.05) is 0 Å². The molecule has 0 spiro atoms. The number of nitrogens with one attached hydrogen (secondary N) is 1. The topological polar surface area (TPSA) is 12.0 Å². The summed E-state index contributed by atoms with van der Waals surface area (Å²) in [5, 5.41) is 3.35. The zero-order chi connectivity index (χ0) is 6.62. The van der Waals surface area contributed by atoms with E-state index in [-0.39, 0.29) is 0 Å². The van der Waals surface area contributed by atoms with E-state index < -0.39 is 8.07 Å². The maximum atomic E-state index is 3.35. The summed E-state index contributed by atoms with van der Waals surface area (Å²) in [5.41, 5.74) is 0. The molecule has 0 atom stereocenters. The summed E-state index contributed by atoms with van der Waals surface area (Å²) < 4.78 is 0. The predicted octanol–water partition coefficient (Wildman–Crippen LogP) is 1.47. The fourth-order valence-corrected chi connectivity index (χ4v) is 1.50. The molecule has 0 saturated carbocycles. The highest BCUT2D eigenvalue weighted by molar-refractivity contribution is 6.76. The molecule has 50 valence electrons. The van der Waals surface area contributed by atoms with Gasteiger partial charge in [-0.25, -0.2) is 0 Å². The molecular weight excluding hydrogens is 114 g/mol. The molecule has 0 fully saturated rings. The Morgan fingerprint density at radius 1 is 1.25 bits per heavy atom. The zero-order valence-corrected chi connectivity index (χ0v) is 7.41. The monoisotopic (exact) mass is 131 g/mol. The van der Waals surface area contributed by atoms with Gasteiger partial charge in [-0.15, -0.1) is 0 Å². The first kappa shape index (κ1) is 8.18. The predicted molar refractivity (Wildman–Crippen MR) is 41.9 cm³/mol. The molecule has 0 bridgehead atoms. The molecule has 0 amide bonds. The van der Waals surface area contributed by atoms with Crippen molar-refractivity contribution in [3.05, 3.63) is 0 Å². The van der Waals surface area contributed by atoms with Crippen LogP contribution in [-0.4, -0.2) is 20.8 Å². The smallest absolute Gasteiger partial charge is 0.0595 e. The minimum atomic E-state index is -0.789. The van der Waals surface area contributed by atoms with Crippen molar-refractivity contribution < 1.29 is 0 Å². The maximum absolute atomic E-state index is 3.35. The van der Waals surface area contributed by atoms with E-state index in [9.17, 15) is 0 Å². The molecule has 0 heterocycles. The van der Waals surface area contributed by atoms with Crippen molar-refractivity contribution >= 4 is 8.07 Å². The Hall–Kier alpha value is 0.177. The van der Waals surface area contributed by atoms with Gasteiger partial charge in [-0.05, 0) is 12.7 Å². The number of hydrogen-bond acceptors (Lipinski definition) is 1. The Morgan fingerprint density at radius 3 is 1.88 bits per heavy atom. The van der Waals surface area contributed by atoms with Crippen molar-refractivity contribution in [2.45, 2.75) is 26.6 Å². The van der Waals surface area contributed by atoms with Gasteiger partial charge in [0.15, 0.2) is 0 Å². The van der Waals surface area contributed by atoms with Gasteiger partial charge in [0.25, 0.3) is 0 Å². The Morgan fingerprint density at radius 2 is 1.75 bits per heavy atom.